The first kappa shape index (κ1) is 16.4. The Balaban J connectivity index is 1.99. The summed E-state index contributed by atoms with van der Waals surface area (Å²) in [6, 6.07) is 3.18. The van der Waals surface area contributed by atoms with Crippen LogP contribution in [0.4, 0.5) is 34.1 Å². The van der Waals surface area contributed by atoms with E-state index >= 15 is 0 Å². The molecule has 1 atom stereocenters. The molecule has 0 unspecified atom stereocenters. The van der Waals surface area contributed by atoms with Crippen LogP contribution in [0.3, 0.4) is 0 Å². The van der Waals surface area contributed by atoms with E-state index in [0.29, 0.717) is 0 Å². The van der Waals surface area contributed by atoms with Gasteiger partial charge in [0.25, 0.3) is 0 Å². The van der Waals surface area contributed by atoms with Crippen molar-refractivity contribution in [2.75, 3.05) is 36.1 Å². The van der Waals surface area contributed by atoms with Crippen LogP contribution in [0.15, 0.2) is 18.2 Å². The van der Waals surface area contributed by atoms with E-state index in [0.717, 1.165) is 21.9 Å². The van der Waals surface area contributed by atoms with E-state index in [4.69, 9.17) is 9.84 Å². The molecule has 2 heterocycles. The van der Waals surface area contributed by atoms with Gasteiger partial charge in [-0.1, -0.05) is 0 Å². The summed E-state index contributed by atoms with van der Waals surface area (Å²) in [6.45, 7) is -0.460. The summed E-state index contributed by atoms with van der Waals surface area (Å²) >= 11 is 0. The lowest BCUT2D eigenvalue weighted by atomic mass is 10.1. The molecular formula is C14H13F3N2O5. The smallest absolute Gasteiger partial charge is 0.418 e. The largest absolute Gasteiger partial charge is 0.447 e. The van der Waals surface area contributed by atoms with Gasteiger partial charge in [-0.2, -0.15) is 13.2 Å². The van der Waals surface area contributed by atoms with Crippen molar-refractivity contribution >= 4 is 23.6 Å². The fourth-order valence-corrected chi connectivity index (χ4v) is 2.59. The Hall–Kier alpha value is -2.49. The molecule has 2 fully saturated rings. The lowest BCUT2D eigenvalue weighted by Gasteiger charge is -2.22. The number of aliphatic hydroxyl groups is 1. The Morgan fingerprint density at radius 3 is 2.50 bits per heavy atom. The molecule has 0 aliphatic carbocycles. The predicted octanol–water partition coefficient (Wildman–Crippen LogP) is 1.98. The molecular weight excluding hydrogens is 333 g/mol. The fourth-order valence-electron chi connectivity index (χ4n) is 2.59. The highest BCUT2D eigenvalue weighted by molar-refractivity contribution is 5.93. The lowest BCUT2D eigenvalue weighted by Crippen LogP contribution is -2.28. The number of aliphatic hydroxyl groups excluding tert-OH is 1. The highest BCUT2D eigenvalue weighted by Crippen LogP contribution is 2.40. The zero-order valence-electron chi connectivity index (χ0n) is 12.2. The Labute approximate surface area is 134 Å². The second kappa shape index (κ2) is 5.86. The number of carbonyl (C=O) groups is 2. The number of alkyl halides is 3. The average molecular weight is 346 g/mol. The highest BCUT2D eigenvalue weighted by Gasteiger charge is 2.40. The molecule has 0 bridgehead atoms. The molecule has 130 valence electrons. The number of amides is 2. The molecule has 0 saturated carbocycles. The molecule has 0 aromatic heterocycles. The van der Waals surface area contributed by atoms with E-state index in [-0.39, 0.29) is 31.1 Å². The van der Waals surface area contributed by atoms with Crippen LogP contribution in [-0.4, -0.2) is 49.7 Å². The van der Waals surface area contributed by atoms with Crippen LogP contribution in [0.5, 0.6) is 0 Å². The van der Waals surface area contributed by atoms with E-state index in [2.05, 4.69) is 4.74 Å². The molecule has 1 aromatic carbocycles. The van der Waals surface area contributed by atoms with Crippen molar-refractivity contribution in [1.82, 2.24) is 0 Å². The van der Waals surface area contributed by atoms with Crippen LogP contribution in [-0.2, 0) is 15.7 Å². The van der Waals surface area contributed by atoms with Crippen molar-refractivity contribution in [3.8, 4) is 0 Å². The average Bonchev–Trinajstić information content (AvgIpc) is 3.11. The molecule has 3 rings (SSSR count). The molecule has 0 spiro atoms. The maximum absolute atomic E-state index is 13.4. The number of benzene rings is 1. The van der Waals surface area contributed by atoms with Crippen LogP contribution in [0.2, 0.25) is 0 Å². The van der Waals surface area contributed by atoms with Crippen molar-refractivity contribution in [1.29, 1.82) is 0 Å². The number of ether oxygens (including phenoxy) is 2. The number of halogens is 3. The van der Waals surface area contributed by atoms with Gasteiger partial charge in [-0.3, -0.25) is 9.80 Å². The van der Waals surface area contributed by atoms with E-state index in [1.165, 1.54) is 6.07 Å². The predicted molar refractivity (Wildman–Crippen MR) is 74.8 cm³/mol. The minimum absolute atomic E-state index is 0.00845. The minimum atomic E-state index is -4.73. The topological polar surface area (TPSA) is 79.3 Å². The summed E-state index contributed by atoms with van der Waals surface area (Å²) in [4.78, 5) is 25.2. The first-order chi connectivity index (χ1) is 11.3. The summed E-state index contributed by atoms with van der Waals surface area (Å²) in [5.41, 5.74) is -1.42. The van der Waals surface area contributed by atoms with E-state index in [1.54, 1.807) is 0 Å². The van der Waals surface area contributed by atoms with Gasteiger partial charge in [-0.15, -0.1) is 0 Å². The molecule has 0 radical (unpaired) electrons. The standard InChI is InChI=1S/C14H13F3N2O5/c15-14(16,17)10-5-8(19-6-9(7-20)24-13(19)22)1-2-11(10)18-3-4-23-12(18)21/h1-2,5,9,20H,3-4,6-7H2/t9-/m1/s1. The van der Waals surface area contributed by atoms with E-state index < -0.39 is 36.6 Å². The third kappa shape index (κ3) is 2.84. The van der Waals surface area contributed by atoms with Gasteiger partial charge in [0.2, 0.25) is 0 Å². The fraction of sp³-hybridized carbons (Fsp3) is 0.429. The van der Waals surface area contributed by atoms with Crippen LogP contribution in [0, 0.1) is 0 Å². The van der Waals surface area contributed by atoms with Gasteiger partial charge in [0, 0.05) is 5.69 Å². The molecule has 7 nitrogen and oxygen atoms in total. The van der Waals surface area contributed by atoms with Gasteiger partial charge in [0.15, 0.2) is 0 Å². The zero-order valence-corrected chi connectivity index (χ0v) is 12.2. The Kier molecular flexibility index (Phi) is 3.99. The van der Waals surface area contributed by atoms with Crippen LogP contribution < -0.4 is 9.80 Å². The third-order valence-electron chi connectivity index (χ3n) is 3.73. The molecule has 1 aromatic rings. The second-order valence-corrected chi connectivity index (χ2v) is 5.26. The molecule has 2 saturated heterocycles. The lowest BCUT2D eigenvalue weighted by molar-refractivity contribution is -0.137. The van der Waals surface area contributed by atoms with E-state index in [9.17, 15) is 22.8 Å². The first-order valence-corrected chi connectivity index (χ1v) is 7.06. The molecule has 2 aliphatic heterocycles. The molecule has 2 amide bonds. The molecule has 24 heavy (non-hydrogen) atoms. The van der Waals surface area contributed by atoms with Gasteiger partial charge < -0.3 is 14.6 Å². The molecule has 1 N–H and O–H groups in total. The summed E-state index contributed by atoms with van der Waals surface area (Å²) in [5, 5.41) is 9.01. The Bertz CT molecular complexity index is 679. The van der Waals surface area contributed by atoms with Crippen molar-refractivity contribution in [3.05, 3.63) is 23.8 Å². The van der Waals surface area contributed by atoms with Crippen molar-refractivity contribution in [2.45, 2.75) is 12.3 Å². The highest BCUT2D eigenvalue weighted by atomic mass is 19.4. The van der Waals surface area contributed by atoms with Crippen LogP contribution >= 0.6 is 0 Å². The SMILES string of the molecule is O=C1O[C@@H](CO)CN1c1ccc(N2CCOC2=O)c(C(F)(F)F)c1. The number of anilines is 2. The second-order valence-electron chi connectivity index (χ2n) is 5.26. The van der Waals surface area contributed by atoms with Gasteiger partial charge in [-0.05, 0) is 18.2 Å². The normalized spacial score (nSPS) is 21.2. The number of rotatable bonds is 3. The summed E-state index contributed by atoms with van der Waals surface area (Å²) in [5.74, 6) is 0. The monoisotopic (exact) mass is 346 g/mol. The first-order valence-electron chi connectivity index (χ1n) is 7.06. The summed E-state index contributed by atoms with van der Waals surface area (Å²) < 4.78 is 49.6. The number of hydrogen-bond acceptors (Lipinski definition) is 5. The number of nitrogens with zero attached hydrogens (tertiary/aromatic N) is 2. The number of hydrogen-bond donors (Lipinski definition) is 1. The van der Waals surface area contributed by atoms with Gasteiger partial charge >= 0.3 is 18.4 Å². The van der Waals surface area contributed by atoms with E-state index in [1.807, 2.05) is 0 Å². The number of carbonyl (C=O) groups excluding carboxylic acids is 2. The minimum Gasteiger partial charge on any atom is -0.447 e. The van der Waals surface area contributed by atoms with Crippen molar-refractivity contribution < 1.29 is 37.3 Å². The molecule has 10 heteroatoms. The number of cyclic esters (lactones) is 2. The van der Waals surface area contributed by atoms with Crippen LogP contribution in [0.1, 0.15) is 5.56 Å². The summed E-state index contributed by atoms with van der Waals surface area (Å²) in [6.07, 6.45) is -7.21. The molecule has 2 aliphatic rings. The maximum Gasteiger partial charge on any atom is 0.418 e. The van der Waals surface area contributed by atoms with Gasteiger partial charge in [0.05, 0.1) is 30.9 Å². The Morgan fingerprint density at radius 1 is 1.21 bits per heavy atom. The summed E-state index contributed by atoms with van der Waals surface area (Å²) in [7, 11) is 0. The maximum atomic E-state index is 13.4. The Morgan fingerprint density at radius 2 is 1.96 bits per heavy atom. The van der Waals surface area contributed by atoms with Gasteiger partial charge in [0.1, 0.15) is 12.7 Å². The quantitative estimate of drug-likeness (QED) is 0.905. The third-order valence-corrected chi connectivity index (χ3v) is 3.73. The van der Waals surface area contributed by atoms with Gasteiger partial charge in [-0.25, -0.2) is 9.59 Å². The van der Waals surface area contributed by atoms with Crippen LogP contribution in [0.25, 0.3) is 0 Å². The van der Waals surface area contributed by atoms with Crippen molar-refractivity contribution in [3.63, 3.8) is 0 Å². The van der Waals surface area contributed by atoms with Crippen molar-refractivity contribution in [2.24, 2.45) is 0 Å². The zero-order chi connectivity index (χ0) is 17.5.